The number of amides is 2. The number of benzene rings is 1. The summed E-state index contributed by atoms with van der Waals surface area (Å²) >= 11 is 11.6. The minimum Gasteiger partial charge on any atom is -0.456 e. The van der Waals surface area contributed by atoms with Gasteiger partial charge in [-0.15, -0.1) is 6.42 Å². The van der Waals surface area contributed by atoms with Crippen molar-refractivity contribution in [3.05, 3.63) is 57.1 Å². The van der Waals surface area contributed by atoms with Gasteiger partial charge in [-0.25, -0.2) is 13.6 Å². The molecule has 2 atom stereocenters. The molecule has 1 aromatic carbocycles. The summed E-state index contributed by atoms with van der Waals surface area (Å²) in [5, 5.41) is 11.4. The predicted molar refractivity (Wildman–Crippen MR) is 149 cm³/mol. The van der Waals surface area contributed by atoms with Crippen LogP contribution in [0.5, 0.6) is 0 Å². The van der Waals surface area contributed by atoms with Crippen LogP contribution in [-0.4, -0.2) is 53.6 Å². The van der Waals surface area contributed by atoms with Crippen molar-refractivity contribution in [1.82, 2.24) is 10.2 Å². The number of carbonyl (C=O) groups excluding carboxylic acids is 3. The summed E-state index contributed by atoms with van der Waals surface area (Å²) in [6.07, 6.45) is -5.29. The van der Waals surface area contributed by atoms with Crippen LogP contribution in [0.1, 0.15) is 53.6 Å². The van der Waals surface area contributed by atoms with Crippen LogP contribution < -0.4 is 5.32 Å². The molecule has 2 aliphatic carbocycles. The fraction of sp³-hybridized carbons (Fsp3) is 0.467. The summed E-state index contributed by atoms with van der Waals surface area (Å²) < 4.78 is 121. The predicted octanol–water partition coefficient (Wildman–Crippen LogP) is 6.56. The second kappa shape index (κ2) is 12.7. The van der Waals surface area contributed by atoms with E-state index >= 15 is 8.78 Å². The van der Waals surface area contributed by atoms with E-state index in [1.165, 1.54) is 0 Å². The number of likely N-dealkylation sites (tertiary alicyclic amines) is 1. The lowest BCUT2D eigenvalue weighted by Gasteiger charge is -2.30. The molecule has 0 aromatic heterocycles. The average molecular weight is 712 g/mol. The Morgan fingerprint density at radius 3 is 2.21 bits per heavy atom. The monoisotopic (exact) mass is 711 g/mol. The van der Waals surface area contributed by atoms with E-state index < -0.39 is 108 Å². The number of ether oxygens (including phenoxy) is 1. The molecule has 1 heterocycles. The topological polar surface area (TPSA) is 99.5 Å². The molecule has 1 aliphatic heterocycles. The van der Waals surface area contributed by atoms with E-state index in [1.54, 1.807) is 6.07 Å². The highest BCUT2D eigenvalue weighted by molar-refractivity contribution is 6.34. The number of hydrogen-bond acceptors (Lipinski definition) is 5. The molecule has 17 heteroatoms. The third-order valence-corrected chi connectivity index (χ3v) is 8.62. The van der Waals surface area contributed by atoms with E-state index in [-0.39, 0.29) is 29.0 Å². The number of nitrogens with zero attached hydrogens (tertiary/aromatic N) is 2. The minimum absolute atomic E-state index is 0.0331. The molecular formula is C30H23Cl2F8N3O4. The Morgan fingerprint density at radius 2 is 1.70 bits per heavy atom. The summed E-state index contributed by atoms with van der Waals surface area (Å²) in [7, 11) is 0. The van der Waals surface area contributed by atoms with Crippen LogP contribution in [0.3, 0.4) is 0 Å². The Kier molecular flexibility index (Phi) is 9.70. The summed E-state index contributed by atoms with van der Waals surface area (Å²) in [5.74, 6) is -8.84. The first kappa shape index (κ1) is 36.0. The highest BCUT2D eigenvalue weighted by Crippen LogP contribution is 2.60. The molecule has 3 fully saturated rings. The molecule has 1 unspecified atom stereocenters. The highest BCUT2D eigenvalue weighted by Gasteiger charge is 2.71. The molecule has 2 saturated carbocycles. The minimum atomic E-state index is -5.47. The Hall–Kier alpha value is -3.82. The smallest absolute Gasteiger partial charge is 0.416 e. The molecular weight excluding hydrogens is 689 g/mol. The zero-order valence-electron chi connectivity index (χ0n) is 23.9. The van der Waals surface area contributed by atoms with Gasteiger partial charge in [0.2, 0.25) is 11.8 Å². The second-order valence-electron chi connectivity index (χ2n) is 11.4. The van der Waals surface area contributed by atoms with Crippen LogP contribution >= 0.6 is 23.2 Å². The number of allylic oxidation sites excluding steroid dienone is 3. The lowest BCUT2D eigenvalue weighted by Crippen LogP contribution is -2.53. The molecule has 0 spiro atoms. The molecule has 3 aliphatic rings. The largest absolute Gasteiger partial charge is 0.456 e. The average Bonchev–Trinajstić information content (AvgIpc) is 3.91. The SMILES string of the molecule is C#C/C=C(Cl)\C=C(\Cl)COC(=O)c1ccc(C(F)(F)C2C[C@@H](C(=O)NC3(C#N)CC3)N(C(=O)C3(C(F)(F)F)CC3)C2)c(C(F)(F)F)c1. The second-order valence-corrected chi connectivity index (χ2v) is 12.3. The zero-order chi connectivity index (χ0) is 35.2. The van der Waals surface area contributed by atoms with Crippen molar-refractivity contribution in [1.29, 1.82) is 5.26 Å². The Balaban J connectivity index is 1.64. The standard InChI is InChI=1S/C30H23Cl2F8N3O4/c1-2-3-18(31)12-19(32)14-47-24(45)16-4-5-20(21(10-16)29(35,36)37)28(33,34)17-11-22(23(44)42-26(15-41)6-7-26)43(13-17)25(46)27(8-9-27)30(38,39)40/h1,3-5,10,12,17,22H,6-9,11,13-14H2,(H,42,44)/b18-3+,19-12+/t17?,22-/m0/s1. The number of alkyl halides is 8. The van der Waals surface area contributed by atoms with Gasteiger partial charge in [0.1, 0.15) is 23.6 Å². The zero-order valence-corrected chi connectivity index (χ0v) is 25.4. The summed E-state index contributed by atoms with van der Waals surface area (Å²) in [6, 6.07) is 0.931. The van der Waals surface area contributed by atoms with Crippen LogP contribution in [0.4, 0.5) is 35.1 Å². The van der Waals surface area contributed by atoms with Gasteiger partial charge in [0.15, 0.2) is 0 Å². The van der Waals surface area contributed by atoms with E-state index in [9.17, 15) is 46.0 Å². The van der Waals surface area contributed by atoms with Crippen LogP contribution in [0.2, 0.25) is 0 Å². The van der Waals surface area contributed by atoms with E-state index in [1.807, 2.05) is 0 Å². The van der Waals surface area contributed by atoms with Crippen molar-refractivity contribution >= 4 is 41.0 Å². The van der Waals surface area contributed by atoms with Gasteiger partial charge in [0.25, 0.3) is 5.92 Å². The molecule has 1 saturated heterocycles. The Bertz CT molecular complexity index is 1620. The van der Waals surface area contributed by atoms with Crippen LogP contribution in [-0.2, 0) is 26.4 Å². The lowest BCUT2D eigenvalue weighted by molar-refractivity contribution is -0.199. The number of halogens is 10. The molecule has 252 valence electrons. The molecule has 4 rings (SSSR count). The highest BCUT2D eigenvalue weighted by atomic mass is 35.5. The van der Waals surface area contributed by atoms with Gasteiger partial charge < -0.3 is 15.0 Å². The number of nitrogens with one attached hydrogen (secondary N) is 1. The van der Waals surface area contributed by atoms with Crippen molar-refractivity contribution < 1.29 is 54.2 Å². The van der Waals surface area contributed by atoms with Crippen LogP contribution in [0, 0.1) is 35.0 Å². The molecule has 0 bridgehead atoms. The fourth-order valence-electron chi connectivity index (χ4n) is 5.25. The quantitative estimate of drug-likeness (QED) is 0.135. The number of rotatable bonds is 9. The van der Waals surface area contributed by atoms with Gasteiger partial charge >= 0.3 is 18.3 Å². The van der Waals surface area contributed by atoms with Gasteiger partial charge in [0, 0.05) is 24.1 Å². The number of esters is 1. The summed E-state index contributed by atoms with van der Waals surface area (Å²) in [4.78, 5) is 39.0. The normalized spacial score (nSPS) is 22.2. The first-order chi connectivity index (χ1) is 21.7. The van der Waals surface area contributed by atoms with Crippen molar-refractivity contribution in [3.63, 3.8) is 0 Å². The molecule has 47 heavy (non-hydrogen) atoms. The van der Waals surface area contributed by atoms with Crippen molar-refractivity contribution in [2.24, 2.45) is 11.3 Å². The third-order valence-electron chi connectivity index (χ3n) is 8.18. The number of carbonyl (C=O) groups is 3. The van der Waals surface area contributed by atoms with E-state index in [0.717, 1.165) is 12.2 Å². The van der Waals surface area contributed by atoms with Crippen LogP contribution in [0.15, 0.2) is 40.4 Å². The maximum atomic E-state index is 16.0. The van der Waals surface area contributed by atoms with Gasteiger partial charge in [-0.3, -0.25) is 9.59 Å². The van der Waals surface area contributed by atoms with Crippen molar-refractivity contribution in [2.45, 2.75) is 62.0 Å². The van der Waals surface area contributed by atoms with E-state index in [4.69, 9.17) is 34.4 Å². The summed E-state index contributed by atoms with van der Waals surface area (Å²) in [5.41, 5.74) is -8.69. The van der Waals surface area contributed by atoms with Crippen molar-refractivity contribution in [3.8, 4) is 18.4 Å². The maximum absolute atomic E-state index is 16.0. The van der Waals surface area contributed by atoms with Gasteiger partial charge in [0.05, 0.1) is 27.3 Å². The lowest BCUT2D eigenvalue weighted by atomic mass is 9.88. The van der Waals surface area contributed by atoms with Gasteiger partial charge in [-0.05, 0) is 50.3 Å². The first-order valence-electron chi connectivity index (χ1n) is 13.8. The molecule has 1 aromatic rings. The molecule has 1 N–H and O–H groups in total. The first-order valence-corrected chi connectivity index (χ1v) is 14.5. The Morgan fingerprint density at radius 1 is 1.06 bits per heavy atom. The molecule has 2 amide bonds. The molecule has 7 nitrogen and oxygen atoms in total. The maximum Gasteiger partial charge on any atom is 0.416 e. The van der Waals surface area contributed by atoms with Gasteiger partial charge in [-0.1, -0.05) is 35.2 Å². The van der Waals surface area contributed by atoms with E-state index in [0.29, 0.717) is 17.0 Å². The fourth-order valence-corrected chi connectivity index (χ4v) is 5.67. The number of terminal acetylenes is 1. The van der Waals surface area contributed by atoms with Gasteiger partial charge in [-0.2, -0.15) is 31.6 Å². The Labute approximate surface area is 272 Å². The molecule has 0 radical (unpaired) electrons. The van der Waals surface area contributed by atoms with Crippen LogP contribution in [0.25, 0.3) is 0 Å². The van der Waals surface area contributed by atoms with Crippen molar-refractivity contribution in [2.75, 3.05) is 13.2 Å². The number of nitriles is 1. The number of hydrogen-bond donors (Lipinski definition) is 1. The third kappa shape index (κ3) is 7.36. The summed E-state index contributed by atoms with van der Waals surface area (Å²) in [6.45, 7) is -1.86. The van der Waals surface area contributed by atoms with E-state index in [2.05, 4.69) is 11.2 Å².